The first kappa shape index (κ1) is 34.4. The van der Waals surface area contributed by atoms with E-state index in [4.69, 9.17) is 21.6 Å². The molecule has 0 bridgehead atoms. The monoisotopic (exact) mass is 655 g/mol. The summed E-state index contributed by atoms with van der Waals surface area (Å²) < 4.78 is 6.22. The highest BCUT2D eigenvalue weighted by Crippen LogP contribution is 2.37. The maximum absolute atomic E-state index is 14.7. The van der Waals surface area contributed by atoms with E-state index in [1.165, 1.54) is 16.5 Å². The van der Waals surface area contributed by atoms with Crippen molar-refractivity contribution in [2.45, 2.75) is 45.2 Å². The second kappa shape index (κ2) is 14.0. The van der Waals surface area contributed by atoms with Crippen LogP contribution in [0, 0.1) is 5.41 Å². The van der Waals surface area contributed by atoms with Gasteiger partial charge in [0.25, 0.3) is 11.8 Å². The third kappa shape index (κ3) is 7.62. The van der Waals surface area contributed by atoms with E-state index in [0.717, 1.165) is 10.8 Å². The lowest BCUT2D eigenvalue weighted by atomic mass is 9.84. The number of amides is 3. The predicted molar refractivity (Wildman–Crippen MR) is 192 cm³/mol. The van der Waals surface area contributed by atoms with E-state index in [1.807, 2.05) is 84.9 Å². The number of nitrogen functional groups attached to an aromatic ring is 1. The van der Waals surface area contributed by atoms with E-state index in [1.54, 1.807) is 31.2 Å². The number of nitrogens with zero attached hydrogens (tertiary/aromatic N) is 1. The fourth-order valence-electron chi connectivity index (χ4n) is 5.84. The quantitative estimate of drug-likeness (QED) is 0.0963. The van der Waals surface area contributed by atoms with Crippen molar-refractivity contribution in [2.24, 2.45) is 11.5 Å². The molecular weight excluding hydrogens is 614 g/mol. The molecule has 0 aliphatic carbocycles. The maximum Gasteiger partial charge on any atom is 0.255 e. The Labute approximate surface area is 286 Å². The van der Waals surface area contributed by atoms with Crippen molar-refractivity contribution in [2.75, 3.05) is 6.54 Å². The van der Waals surface area contributed by atoms with Gasteiger partial charge >= 0.3 is 0 Å². The molecule has 6 N–H and O–H groups in total. The third-order valence-corrected chi connectivity index (χ3v) is 8.58. The Bertz CT molecular complexity index is 2030. The molecule has 3 amide bonds. The zero-order chi connectivity index (χ0) is 35.3. The molecule has 250 valence electrons. The molecule has 0 aliphatic heterocycles. The predicted octanol–water partition coefficient (Wildman–Crippen LogP) is 6.37. The normalized spacial score (nSPS) is 12.5. The molecule has 0 fully saturated rings. The molecule has 5 rings (SSSR count). The summed E-state index contributed by atoms with van der Waals surface area (Å²) in [7, 11) is 0. The van der Waals surface area contributed by atoms with Crippen molar-refractivity contribution in [3.63, 3.8) is 0 Å². The van der Waals surface area contributed by atoms with Gasteiger partial charge in [-0.05, 0) is 76.2 Å². The summed E-state index contributed by atoms with van der Waals surface area (Å²) in [6, 6.07) is 34.8. The van der Waals surface area contributed by atoms with Crippen LogP contribution in [-0.2, 0) is 27.1 Å². The number of benzene rings is 5. The molecule has 0 saturated heterocycles. The minimum absolute atomic E-state index is 0.00115. The number of rotatable bonds is 11. The van der Waals surface area contributed by atoms with Crippen molar-refractivity contribution in [1.82, 2.24) is 10.2 Å². The number of primary amides is 1. The first-order chi connectivity index (χ1) is 23.3. The first-order valence-electron chi connectivity index (χ1n) is 16.0. The topological polar surface area (TPSA) is 152 Å². The summed E-state index contributed by atoms with van der Waals surface area (Å²) in [5.74, 6) is -0.789. The molecule has 9 heteroatoms. The van der Waals surface area contributed by atoms with Crippen molar-refractivity contribution in [3.8, 4) is 11.5 Å². The van der Waals surface area contributed by atoms with Gasteiger partial charge in [0.2, 0.25) is 5.91 Å². The van der Waals surface area contributed by atoms with Crippen LogP contribution in [0.1, 0.15) is 60.3 Å². The standard InChI is InChI=1S/C40H41N5O4/c1-39(2,3)30-18-20-31(21-19-30)49-32-15-7-10-26(22-32)25-45(37(47)29-14-8-13-28(23-29)36(42)43)40(4,38(48)44-24-35(41)46)34-17-9-12-27-11-5-6-16-33(27)34/h5-23H,24-25H2,1-4H3,(H2,41,46)(H3,42,43)(H,44,48)/t40-/m1/s1. The van der Waals surface area contributed by atoms with Gasteiger partial charge in [0.05, 0.1) is 6.54 Å². The molecule has 9 nitrogen and oxygen atoms in total. The van der Waals surface area contributed by atoms with E-state index in [2.05, 4.69) is 26.1 Å². The zero-order valence-electron chi connectivity index (χ0n) is 28.1. The van der Waals surface area contributed by atoms with E-state index < -0.39 is 29.8 Å². The van der Waals surface area contributed by atoms with Crippen molar-refractivity contribution < 1.29 is 19.1 Å². The van der Waals surface area contributed by atoms with E-state index in [9.17, 15) is 14.4 Å². The van der Waals surface area contributed by atoms with Crippen LogP contribution >= 0.6 is 0 Å². The van der Waals surface area contributed by atoms with Crippen molar-refractivity contribution in [1.29, 1.82) is 5.41 Å². The highest BCUT2D eigenvalue weighted by Gasteiger charge is 2.45. The molecule has 0 aromatic heterocycles. The lowest BCUT2D eigenvalue weighted by Crippen LogP contribution is -2.57. The summed E-state index contributed by atoms with van der Waals surface area (Å²) >= 11 is 0. The minimum Gasteiger partial charge on any atom is -0.457 e. The van der Waals surface area contributed by atoms with Gasteiger partial charge in [0.1, 0.15) is 22.9 Å². The number of fused-ring (bicyclic) bond motifs is 1. The average molecular weight is 656 g/mol. The number of ether oxygens (including phenoxy) is 1. The first-order valence-corrected chi connectivity index (χ1v) is 16.0. The Morgan fingerprint density at radius 2 is 1.41 bits per heavy atom. The summed E-state index contributed by atoms with van der Waals surface area (Å²) in [4.78, 5) is 42.4. The molecule has 5 aromatic carbocycles. The second-order valence-electron chi connectivity index (χ2n) is 13.2. The van der Waals surface area contributed by atoms with Crippen LogP contribution < -0.4 is 21.5 Å². The van der Waals surface area contributed by atoms with Crippen LogP contribution in [-0.4, -0.2) is 35.0 Å². The maximum atomic E-state index is 14.7. The van der Waals surface area contributed by atoms with Gasteiger partial charge in [-0.1, -0.05) is 99.6 Å². The van der Waals surface area contributed by atoms with Gasteiger partial charge < -0.3 is 26.4 Å². The summed E-state index contributed by atoms with van der Waals surface area (Å²) in [6.07, 6.45) is 0. The number of hydrogen-bond donors (Lipinski definition) is 4. The number of nitrogens with two attached hydrogens (primary N) is 2. The summed E-state index contributed by atoms with van der Waals surface area (Å²) in [5.41, 5.74) is 12.6. The number of nitrogens with one attached hydrogen (secondary N) is 2. The van der Waals surface area contributed by atoms with Gasteiger partial charge in [-0.25, -0.2) is 0 Å². The number of amidine groups is 1. The lowest BCUT2D eigenvalue weighted by molar-refractivity contribution is -0.133. The van der Waals surface area contributed by atoms with Crippen molar-refractivity contribution in [3.05, 3.63) is 143 Å². The van der Waals surface area contributed by atoms with Crippen LogP contribution in [0.3, 0.4) is 0 Å². The number of hydrogen-bond acceptors (Lipinski definition) is 5. The Morgan fingerprint density at radius 1 is 0.755 bits per heavy atom. The van der Waals surface area contributed by atoms with Gasteiger partial charge in [0.15, 0.2) is 0 Å². The highest BCUT2D eigenvalue weighted by molar-refractivity contribution is 6.04. The van der Waals surface area contributed by atoms with Gasteiger partial charge in [-0.2, -0.15) is 0 Å². The van der Waals surface area contributed by atoms with Crippen LogP contribution in [0.25, 0.3) is 10.8 Å². The third-order valence-electron chi connectivity index (χ3n) is 8.58. The van der Waals surface area contributed by atoms with Gasteiger partial charge in [-0.3, -0.25) is 19.8 Å². The summed E-state index contributed by atoms with van der Waals surface area (Å²) in [5, 5.41) is 12.2. The molecule has 1 atom stereocenters. The number of carbonyl (C=O) groups excluding carboxylic acids is 3. The number of carbonyl (C=O) groups is 3. The van der Waals surface area contributed by atoms with E-state index in [-0.39, 0.29) is 23.4 Å². The van der Waals surface area contributed by atoms with Crippen LogP contribution in [0.15, 0.2) is 115 Å². The fourth-order valence-corrected chi connectivity index (χ4v) is 5.84. The molecule has 0 aliphatic rings. The Kier molecular flexibility index (Phi) is 9.84. The fraction of sp³-hybridized carbons (Fsp3) is 0.200. The lowest BCUT2D eigenvalue weighted by Gasteiger charge is -2.41. The summed E-state index contributed by atoms with van der Waals surface area (Å²) in [6.45, 7) is 7.67. The Balaban J connectivity index is 1.63. The van der Waals surface area contributed by atoms with E-state index >= 15 is 0 Å². The molecule has 5 aromatic rings. The zero-order valence-corrected chi connectivity index (χ0v) is 28.1. The second-order valence-corrected chi connectivity index (χ2v) is 13.2. The molecular formula is C40H41N5O4. The highest BCUT2D eigenvalue weighted by atomic mass is 16.5. The van der Waals surface area contributed by atoms with Crippen LogP contribution in [0.2, 0.25) is 0 Å². The Morgan fingerprint density at radius 3 is 2.10 bits per heavy atom. The average Bonchev–Trinajstić information content (AvgIpc) is 3.08. The van der Waals surface area contributed by atoms with Crippen LogP contribution in [0.4, 0.5) is 0 Å². The molecule has 49 heavy (non-hydrogen) atoms. The molecule has 0 unspecified atom stereocenters. The largest absolute Gasteiger partial charge is 0.457 e. The minimum atomic E-state index is -1.65. The molecule has 0 spiro atoms. The van der Waals surface area contributed by atoms with Crippen LogP contribution in [0.5, 0.6) is 11.5 Å². The molecule has 0 saturated carbocycles. The van der Waals surface area contributed by atoms with Gasteiger partial charge in [0, 0.05) is 17.7 Å². The van der Waals surface area contributed by atoms with Crippen molar-refractivity contribution >= 4 is 34.3 Å². The van der Waals surface area contributed by atoms with E-state index in [0.29, 0.717) is 28.2 Å². The molecule has 0 heterocycles. The smallest absolute Gasteiger partial charge is 0.255 e. The SMILES string of the molecule is CC(C)(C)c1ccc(Oc2cccc(CN(C(=O)c3cccc(C(=N)N)c3)[C@@](C)(C(=O)NCC(N)=O)c3cccc4ccccc34)c2)cc1. The molecule has 0 radical (unpaired) electrons. The van der Waals surface area contributed by atoms with Gasteiger partial charge in [-0.15, -0.1) is 0 Å². The Hall–Kier alpha value is -5.96.